The van der Waals surface area contributed by atoms with Gasteiger partial charge in [-0.3, -0.25) is 9.59 Å². The Hall–Kier alpha value is -3.71. The number of cyclic esters (lactones) is 1. The zero-order chi connectivity index (χ0) is 33.5. The minimum atomic E-state index is -0.563. The first-order valence-electron chi connectivity index (χ1n) is 15.8. The molecule has 0 bridgehead atoms. The number of ether oxygens (including phenoxy) is 2. The quantitative estimate of drug-likeness (QED) is 0.136. The van der Waals surface area contributed by atoms with E-state index in [-0.39, 0.29) is 29.8 Å². The Kier molecular flexibility index (Phi) is 9.34. The molecule has 5 aromatic rings. The lowest BCUT2D eigenvalue weighted by Crippen LogP contribution is -2.43. The van der Waals surface area contributed by atoms with E-state index < -0.39 is 12.2 Å². The molecule has 2 amide bonds. The number of aryl methyl sites for hydroxylation is 2. The molecule has 48 heavy (non-hydrogen) atoms. The van der Waals surface area contributed by atoms with E-state index in [1.807, 2.05) is 44.2 Å². The van der Waals surface area contributed by atoms with Crippen molar-refractivity contribution in [3.05, 3.63) is 79.7 Å². The summed E-state index contributed by atoms with van der Waals surface area (Å²) in [6.45, 7) is 4.14. The number of halogens is 2. The normalized spacial score (nSPS) is 21.7. The number of carbonyl (C=O) groups excluding carboxylic acids is 3. The summed E-state index contributed by atoms with van der Waals surface area (Å²) in [5, 5.41) is 2.83. The summed E-state index contributed by atoms with van der Waals surface area (Å²) in [7, 11) is 0. The maximum Gasteiger partial charge on any atom is 0.417 e. The van der Waals surface area contributed by atoms with Crippen LogP contribution in [0.1, 0.15) is 59.2 Å². The van der Waals surface area contributed by atoms with Crippen molar-refractivity contribution in [2.45, 2.75) is 64.5 Å². The predicted molar refractivity (Wildman–Crippen MR) is 184 cm³/mol. The number of benzene rings is 1. The van der Waals surface area contributed by atoms with E-state index in [0.29, 0.717) is 29.8 Å². The molecular weight excluding hydrogens is 693 g/mol. The van der Waals surface area contributed by atoms with Crippen molar-refractivity contribution >= 4 is 84.3 Å². The number of hydrogen-bond acceptors (Lipinski definition) is 11. The fraction of sp³-hybridized carbons (Fsp3) is 0.382. The predicted octanol–water partition coefficient (Wildman–Crippen LogP) is 7.57. The molecule has 1 aromatic carbocycles. The Balaban J connectivity index is 0.000000166. The Bertz CT molecular complexity index is 2040. The number of rotatable bonds is 4. The van der Waals surface area contributed by atoms with Crippen molar-refractivity contribution in [2.75, 3.05) is 6.61 Å². The van der Waals surface area contributed by atoms with Crippen LogP contribution < -0.4 is 0 Å². The molecule has 1 saturated heterocycles. The molecular formula is C34H31Cl2N5O5S2. The average molecular weight is 725 g/mol. The van der Waals surface area contributed by atoms with Crippen molar-refractivity contribution in [1.29, 1.82) is 0 Å². The summed E-state index contributed by atoms with van der Waals surface area (Å²) < 4.78 is 10.7. The fourth-order valence-electron chi connectivity index (χ4n) is 6.86. The summed E-state index contributed by atoms with van der Waals surface area (Å²) in [5.41, 5.74) is 3.25. The monoisotopic (exact) mass is 723 g/mol. The topological polar surface area (TPSA) is 124 Å². The molecule has 0 unspecified atom stereocenters. The van der Waals surface area contributed by atoms with Crippen LogP contribution in [0.2, 0.25) is 10.3 Å². The van der Waals surface area contributed by atoms with Crippen LogP contribution in [0.15, 0.2) is 43.0 Å². The third kappa shape index (κ3) is 6.04. The van der Waals surface area contributed by atoms with Crippen molar-refractivity contribution in [1.82, 2.24) is 24.8 Å². The number of imide groups is 1. The lowest BCUT2D eigenvalue weighted by atomic mass is 9.86. The van der Waals surface area contributed by atoms with E-state index in [1.54, 1.807) is 22.7 Å². The number of nitrogens with zero attached hydrogens (tertiary/aromatic N) is 5. The van der Waals surface area contributed by atoms with E-state index in [9.17, 15) is 14.4 Å². The van der Waals surface area contributed by atoms with Crippen molar-refractivity contribution in [3.8, 4) is 0 Å². The first kappa shape index (κ1) is 32.8. The van der Waals surface area contributed by atoms with Crippen LogP contribution in [0.25, 0.3) is 20.4 Å². The summed E-state index contributed by atoms with van der Waals surface area (Å²) in [6.07, 6.45) is 6.28. The largest absolute Gasteiger partial charge is 0.466 e. The van der Waals surface area contributed by atoms with Gasteiger partial charge in [-0.25, -0.2) is 29.6 Å². The Labute approximate surface area is 294 Å². The highest BCUT2D eigenvalue weighted by atomic mass is 35.5. The highest BCUT2D eigenvalue weighted by molar-refractivity contribution is 7.19. The van der Waals surface area contributed by atoms with Gasteiger partial charge in [0.15, 0.2) is 0 Å². The Morgan fingerprint density at radius 2 is 1.46 bits per heavy atom. The van der Waals surface area contributed by atoms with Crippen LogP contribution in [-0.2, 0) is 44.7 Å². The van der Waals surface area contributed by atoms with Gasteiger partial charge in [0.2, 0.25) is 5.91 Å². The maximum atomic E-state index is 13.3. The second-order valence-electron chi connectivity index (χ2n) is 12.0. The van der Waals surface area contributed by atoms with E-state index in [0.717, 1.165) is 62.1 Å². The van der Waals surface area contributed by atoms with Gasteiger partial charge in [0.1, 0.15) is 38.7 Å². The maximum absolute atomic E-state index is 13.3. The van der Waals surface area contributed by atoms with E-state index in [2.05, 4.69) is 19.9 Å². The lowest BCUT2D eigenvalue weighted by molar-refractivity contribution is -0.148. The number of esters is 1. The number of fused-ring (bicyclic) bond motifs is 6. The molecule has 8 rings (SSSR count). The number of hydrogen-bond donors (Lipinski definition) is 0. The van der Waals surface area contributed by atoms with Gasteiger partial charge >= 0.3 is 12.1 Å². The fourth-order valence-corrected chi connectivity index (χ4v) is 10.00. The molecule has 0 saturated carbocycles. The van der Waals surface area contributed by atoms with Crippen molar-refractivity contribution in [3.63, 3.8) is 0 Å². The van der Waals surface area contributed by atoms with Gasteiger partial charge in [-0.05, 0) is 69.1 Å². The summed E-state index contributed by atoms with van der Waals surface area (Å²) in [6, 6.07) is 9.20. The third-order valence-electron chi connectivity index (χ3n) is 9.20. The van der Waals surface area contributed by atoms with E-state index in [1.165, 1.54) is 28.0 Å². The van der Waals surface area contributed by atoms with Crippen molar-refractivity contribution < 1.29 is 23.9 Å². The third-order valence-corrected chi connectivity index (χ3v) is 12.1. The molecule has 1 aliphatic heterocycles. The van der Waals surface area contributed by atoms with Crippen LogP contribution in [0, 0.1) is 11.8 Å². The highest BCUT2D eigenvalue weighted by Gasteiger charge is 2.46. The van der Waals surface area contributed by atoms with Gasteiger partial charge in [-0.1, -0.05) is 53.5 Å². The molecule has 14 heteroatoms. The Morgan fingerprint density at radius 3 is 2.04 bits per heavy atom. The van der Waals surface area contributed by atoms with Gasteiger partial charge in [-0.2, -0.15) is 0 Å². The minimum Gasteiger partial charge on any atom is -0.466 e. The summed E-state index contributed by atoms with van der Waals surface area (Å²) in [4.78, 5) is 59.7. The molecule has 0 radical (unpaired) electrons. The van der Waals surface area contributed by atoms with E-state index in [4.69, 9.17) is 32.7 Å². The standard InChI is InChI=1S/C21H18ClN3O3S.C13H13ClN2O2S/c1-11-17(12-5-3-2-4-6-12)28-21(27)25(11)20(26)13-7-8-14-15(9-13)29-19-16(14)18(22)23-10-24-19;1-2-18-13(17)7-3-4-8-9(5-7)19-12-10(8)11(14)15-6-16-12/h2-6,10-11,13,17H,7-9H2,1H3;6-7H,2-5H2,1H3/t11-,13+,17-;7-/m01/s1. The number of carbonyl (C=O) groups is 3. The molecule has 0 N–H and O–H groups in total. The molecule has 3 aliphatic rings. The van der Waals surface area contributed by atoms with E-state index >= 15 is 0 Å². The molecule has 4 atom stereocenters. The van der Waals surface area contributed by atoms with Gasteiger partial charge in [0.05, 0.1) is 29.3 Å². The number of amides is 2. The molecule has 1 fully saturated rings. The minimum absolute atomic E-state index is 0.0350. The lowest BCUT2D eigenvalue weighted by Gasteiger charge is -2.27. The molecule has 0 spiro atoms. The molecule has 4 aromatic heterocycles. The van der Waals surface area contributed by atoms with Crippen LogP contribution in [0.3, 0.4) is 0 Å². The molecule has 5 heterocycles. The summed E-state index contributed by atoms with van der Waals surface area (Å²) >= 11 is 15.6. The number of thiophene rings is 2. The van der Waals surface area contributed by atoms with Gasteiger partial charge in [-0.15, -0.1) is 22.7 Å². The molecule has 248 valence electrons. The second kappa shape index (κ2) is 13.7. The molecule has 10 nitrogen and oxygen atoms in total. The first-order valence-corrected chi connectivity index (χ1v) is 18.2. The Morgan fingerprint density at radius 1 is 0.896 bits per heavy atom. The zero-order valence-electron chi connectivity index (χ0n) is 26.2. The van der Waals surface area contributed by atoms with Gasteiger partial charge in [0.25, 0.3) is 0 Å². The smallest absolute Gasteiger partial charge is 0.417 e. The SMILES string of the molecule is CCOC(=O)[C@@H]1CCc2c(sc3ncnc(Cl)c23)C1.C[C@H]1[C@@H](c2ccccc2)OC(=O)N1C(=O)[C@@H]1CCc2c(sc3ncnc(Cl)c23)C1. The van der Waals surface area contributed by atoms with Crippen LogP contribution in [0.5, 0.6) is 0 Å². The first-order chi connectivity index (χ1) is 23.2. The second-order valence-corrected chi connectivity index (χ2v) is 14.9. The van der Waals surface area contributed by atoms with Crippen LogP contribution in [-0.4, -0.2) is 55.5 Å². The zero-order valence-corrected chi connectivity index (χ0v) is 29.3. The van der Waals surface area contributed by atoms with Crippen LogP contribution >= 0.6 is 45.9 Å². The van der Waals surface area contributed by atoms with Gasteiger partial charge < -0.3 is 9.47 Å². The highest BCUT2D eigenvalue weighted by Crippen LogP contribution is 2.42. The number of aromatic nitrogens is 4. The average Bonchev–Trinajstić information content (AvgIpc) is 3.75. The molecule has 2 aliphatic carbocycles. The summed E-state index contributed by atoms with van der Waals surface area (Å²) in [5.74, 6) is -0.553. The van der Waals surface area contributed by atoms with Gasteiger partial charge in [0, 0.05) is 15.7 Å². The van der Waals surface area contributed by atoms with Crippen LogP contribution in [0.4, 0.5) is 4.79 Å². The van der Waals surface area contributed by atoms with Crippen molar-refractivity contribution in [2.24, 2.45) is 11.8 Å².